The Labute approximate surface area is 376 Å². The third-order valence-electron chi connectivity index (χ3n) is 13.2. The molecule has 0 saturated heterocycles. The molecule has 0 aliphatic heterocycles. The van der Waals surface area contributed by atoms with Gasteiger partial charge in [-0.3, -0.25) is 0 Å². The van der Waals surface area contributed by atoms with E-state index in [-0.39, 0.29) is 0 Å². The maximum atomic E-state index is 6.62. The maximum absolute atomic E-state index is 6.62. The van der Waals surface area contributed by atoms with E-state index in [9.17, 15) is 0 Å². The first-order chi connectivity index (χ1) is 32.2. The second-order valence-electron chi connectivity index (χ2n) is 16.9. The standard InChI is InChI=1S/C62H40N2O/c1-2-13-41(14-3-1)42-29-34-48(35-30-42)63(49-36-31-43(32-37-49)45-33-38-52-47(39-45)28-27-44-15-4-5-18-51(44)52)50-17-10-16-46(40-50)53-21-11-24-58-61(53)56-20-6-8-23-57(56)64(58)59-25-12-22-55-54-19-7-9-26-60(54)65-62(55)59/h1-40H. The van der Waals surface area contributed by atoms with E-state index in [1.165, 1.54) is 60.1 Å². The number of benzene rings is 11. The Balaban J connectivity index is 0.943. The summed E-state index contributed by atoms with van der Waals surface area (Å²) < 4.78 is 8.99. The van der Waals surface area contributed by atoms with Gasteiger partial charge in [0.25, 0.3) is 0 Å². The number of rotatable bonds is 7. The molecule has 65 heavy (non-hydrogen) atoms. The topological polar surface area (TPSA) is 21.3 Å². The van der Waals surface area contributed by atoms with Crippen LogP contribution in [-0.4, -0.2) is 4.57 Å². The van der Waals surface area contributed by atoms with Crippen molar-refractivity contribution >= 4 is 82.4 Å². The normalized spacial score (nSPS) is 11.7. The van der Waals surface area contributed by atoms with Crippen molar-refractivity contribution in [1.29, 1.82) is 0 Å². The highest BCUT2D eigenvalue weighted by molar-refractivity contribution is 6.17. The van der Waals surface area contributed by atoms with Gasteiger partial charge in [-0.05, 0) is 122 Å². The summed E-state index contributed by atoms with van der Waals surface area (Å²) in [6.07, 6.45) is 0. The zero-order chi connectivity index (χ0) is 42.8. The number of fused-ring (bicyclic) bond motifs is 9. The molecule has 0 N–H and O–H groups in total. The van der Waals surface area contributed by atoms with Crippen LogP contribution < -0.4 is 4.90 Å². The van der Waals surface area contributed by atoms with Crippen LogP contribution in [0.25, 0.3) is 104 Å². The fourth-order valence-electron chi connectivity index (χ4n) is 10.1. The van der Waals surface area contributed by atoms with Crippen molar-refractivity contribution in [2.75, 3.05) is 4.90 Å². The van der Waals surface area contributed by atoms with Crippen LogP contribution in [0.3, 0.4) is 0 Å². The molecule has 0 amide bonds. The lowest BCUT2D eigenvalue weighted by atomic mass is 9.97. The molecule has 0 atom stereocenters. The fraction of sp³-hybridized carbons (Fsp3) is 0. The highest BCUT2D eigenvalue weighted by atomic mass is 16.3. The molecular weight excluding hydrogens is 789 g/mol. The molecule has 0 aliphatic rings. The Morgan fingerprint density at radius 1 is 0.323 bits per heavy atom. The maximum Gasteiger partial charge on any atom is 0.159 e. The molecule has 2 aromatic heterocycles. The second-order valence-corrected chi connectivity index (χ2v) is 16.9. The third kappa shape index (κ3) is 6.12. The smallest absolute Gasteiger partial charge is 0.159 e. The first kappa shape index (κ1) is 36.9. The Hall–Kier alpha value is -8.66. The number of aromatic nitrogens is 1. The van der Waals surface area contributed by atoms with E-state index in [4.69, 9.17) is 4.42 Å². The van der Waals surface area contributed by atoms with Gasteiger partial charge in [-0.25, -0.2) is 0 Å². The summed E-state index contributed by atoms with van der Waals surface area (Å²) in [6, 6.07) is 87.7. The number of hydrogen-bond donors (Lipinski definition) is 0. The molecule has 2 heterocycles. The summed E-state index contributed by atoms with van der Waals surface area (Å²) in [6.45, 7) is 0. The van der Waals surface area contributed by atoms with Gasteiger partial charge in [0, 0.05) is 38.6 Å². The molecule has 304 valence electrons. The minimum atomic E-state index is 0.887. The molecule has 0 unspecified atom stereocenters. The number of furan rings is 1. The summed E-state index contributed by atoms with van der Waals surface area (Å²) >= 11 is 0. The highest BCUT2D eigenvalue weighted by Crippen LogP contribution is 2.44. The summed E-state index contributed by atoms with van der Waals surface area (Å²) in [7, 11) is 0. The van der Waals surface area contributed by atoms with E-state index in [1.807, 2.05) is 6.07 Å². The van der Waals surface area contributed by atoms with Gasteiger partial charge in [0.05, 0.1) is 16.7 Å². The number of hydrogen-bond acceptors (Lipinski definition) is 2. The van der Waals surface area contributed by atoms with Gasteiger partial charge in [-0.2, -0.15) is 0 Å². The zero-order valence-electron chi connectivity index (χ0n) is 35.4. The van der Waals surface area contributed by atoms with E-state index in [0.717, 1.165) is 61.3 Å². The molecule has 3 nitrogen and oxygen atoms in total. The SMILES string of the molecule is c1ccc(-c2ccc(N(c3ccc(-c4ccc5c(ccc6ccccc65)c4)cc3)c3cccc(-c4cccc5c4c4ccccc4n5-c4cccc5c4oc4ccccc45)c3)cc2)cc1. The third-order valence-corrected chi connectivity index (χ3v) is 13.2. The van der Waals surface area contributed by atoms with Crippen LogP contribution in [0.15, 0.2) is 247 Å². The van der Waals surface area contributed by atoms with Gasteiger partial charge in [0.15, 0.2) is 5.58 Å². The summed E-state index contributed by atoms with van der Waals surface area (Å²) in [5.41, 5.74) is 15.4. The molecule has 0 spiro atoms. The van der Waals surface area contributed by atoms with Crippen molar-refractivity contribution in [3.05, 3.63) is 243 Å². The average molecular weight is 829 g/mol. The lowest BCUT2D eigenvalue weighted by Gasteiger charge is -2.26. The number of nitrogens with zero attached hydrogens (tertiary/aromatic N) is 2. The van der Waals surface area contributed by atoms with Gasteiger partial charge in [-0.15, -0.1) is 0 Å². The van der Waals surface area contributed by atoms with Crippen molar-refractivity contribution in [2.24, 2.45) is 0 Å². The van der Waals surface area contributed by atoms with Crippen LogP contribution in [0.5, 0.6) is 0 Å². The fourth-order valence-corrected chi connectivity index (χ4v) is 10.1. The molecule has 13 aromatic rings. The van der Waals surface area contributed by atoms with E-state index < -0.39 is 0 Å². The molecular formula is C62H40N2O. The van der Waals surface area contributed by atoms with Crippen molar-refractivity contribution < 1.29 is 4.42 Å². The summed E-state index contributed by atoms with van der Waals surface area (Å²) in [5, 5.41) is 9.71. The minimum absolute atomic E-state index is 0.887. The predicted molar refractivity (Wildman–Crippen MR) is 274 cm³/mol. The van der Waals surface area contributed by atoms with Crippen LogP contribution >= 0.6 is 0 Å². The van der Waals surface area contributed by atoms with E-state index >= 15 is 0 Å². The van der Waals surface area contributed by atoms with Crippen LogP contribution in [0.1, 0.15) is 0 Å². The minimum Gasteiger partial charge on any atom is -0.454 e. The predicted octanol–water partition coefficient (Wildman–Crippen LogP) is 17.5. The van der Waals surface area contributed by atoms with Crippen molar-refractivity contribution in [2.45, 2.75) is 0 Å². The van der Waals surface area contributed by atoms with Crippen LogP contribution in [0.2, 0.25) is 0 Å². The lowest BCUT2D eigenvalue weighted by molar-refractivity contribution is 0.666. The Morgan fingerprint density at radius 2 is 0.908 bits per heavy atom. The first-order valence-corrected chi connectivity index (χ1v) is 22.2. The Morgan fingerprint density at radius 3 is 1.74 bits per heavy atom. The molecule has 3 heteroatoms. The van der Waals surface area contributed by atoms with Crippen LogP contribution in [-0.2, 0) is 0 Å². The zero-order valence-corrected chi connectivity index (χ0v) is 35.4. The monoisotopic (exact) mass is 828 g/mol. The summed E-state index contributed by atoms with van der Waals surface area (Å²) in [4.78, 5) is 2.38. The molecule has 0 fully saturated rings. The molecule has 0 radical (unpaired) electrons. The van der Waals surface area contributed by atoms with Crippen molar-refractivity contribution in [3.63, 3.8) is 0 Å². The molecule has 11 aromatic carbocycles. The van der Waals surface area contributed by atoms with Crippen LogP contribution in [0, 0.1) is 0 Å². The molecule has 0 bridgehead atoms. The van der Waals surface area contributed by atoms with Crippen LogP contribution in [0.4, 0.5) is 17.1 Å². The van der Waals surface area contributed by atoms with Gasteiger partial charge < -0.3 is 13.9 Å². The van der Waals surface area contributed by atoms with E-state index in [1.54, 1.807) is 0 Å². The van der Waals surface area contributed by atoms with Gasteiger partial charge in [-0.1, -0.05) is 176 Å². The second kappa shape index (κ2) is 15.0. The average Bonchev–Trinajstić information content (AvgIpc) is 3.93. The molecule has 13 rings (SSSR count). The van der Waals surface area contributed by atoms with Crippen molar-refractivity contribution in [3.8, 4) is 39.1 Å². The first-order valence-electron chi connectivity index (χ1n) is 22.2. The largest absolute Gasteiger partial charge is 0.454 e. The highest BCUT2D eigenvalue weighted by Gasteiger charge is 2.21. The Kier molecular flexibility index (Phi) is 8.53. The van der Waals surface area contributed by atoms with Gasteiger partial charge >= 0.3 is 0 Å². The summed E-state index contributed by atoms with van der Waals surface area (Å²) in [5.74, 6) is 0. The molecule has 0 saturated carbocycles. The Bertz CT molecular complexity index is 3930. The van der Waals surface area contributed by atoms with E-state index in [0.29, 0.717) is 0 Å². The van der Waals surface area contributed by atoms with Gasteiger partial charge in [0.2, 0.25) is 0 Å². The number of para-hydroxylation sites is 3. The van der Waals surface area contributed by atoms with Crippen molar-refractivity contribution in [1.82, 2.24) is 4.57 Å². The lowest BCUT2D eigenvalue weighted by Crippen LogP contribution is -2.10. The van der Waals surface area contributed by atoms with Gasteiger partial charge in [0.1, 0.15) is 5.58 Å². The van der Waals surface area contributed by atoms with E-state index in [2.05, 4.69) is 246 Å². The quantitative estimate of drug-likeness (QED) is 0.149. The molecule has 0 aliphatic carbocycles. The number of anilines is 3.